The predicted molar refractivity (Wildman–Crippen MR) is 69.7 cm³/mol. The molecule has 0 spiro atoms. The van der Waals surface area contributed by atoms with Crippen LogP contribution in [0.15, 0.2) is 24.3 Å². The monoisotopic (exact) mass is 300 g/mol. The van der Waals surface area contributed by atoms with Gasteiger partial charge in [0.25, 0.3) is 5.91 Å². The number of alkyl halides is 3. The second kappa shape index (κ2) is 5.75. The van der Waals surface area contributed by atoms with Gasteiger partial charge in [-0.05, 0) is 37.5 Å². The molecule has 2 amide bonds. The van der Waals surface area contributed by atoms with Gasteiger partial charge in [0.1, 0.15) is 6.04 Å². The second-order valence-corrected chi connectivity index (χ2v) is 5.00. The molecule has 0 radical (unpaired) electrons. The van der Waals surface area contributed by atoms with Crippen LogP contribution in [-0.4, -0.2) is 35.5 Å². The van der Waals surface area contributed by atoms with E-state index in [1.807, 2.05) is 0 Å². The fourth-order valence-electron chi connectivity index (χ4n) is 2.49. The van der Waals surface area contributed by atoms with Crippen molar-refractivity contribution in [1.29, 1.82) is 0 Å². The van der Waals surface area contributed by atoms with Gasteiger partial charge in [-0.15, -0.1) is 0 Å². The molecular weight excluding hydrogens is 285 g/mol. The summed E-state index contributed by atoms with van der Waals surface area (Å²) in [5.74, 6) is -1.45. The van der Waals surface area contributed by atoms with Gasteiger partial charge in [-0.1, -0.05) is 6.07 Å². The first-order valence-corrected chi connectivity index (χ1v) is 6.58. The smallest absolute Gasteiger partial charge is 0.366 e. The zero-order valence-corrected chi connectivity index (χ0v) is 11.2. The third kappa shape index (κ3) is 3.34. The number of carbonyl (C=O) groups is 2. The molecule has 1 heterocycles. The van der Waals surface area contributed by atoms with Gasteiger partial charge in [0.2, 0.25) is 5.91 Å². The molecule has 4 nitrogen and oxygen atoms in total. The van der Waals surface area contributed by atoms with Crippen molar-refractivity contribution in [2.24, 2.45) is 5.73 Å². The lowest BCUT2D eigenvalue weighted by Crippen LogP contribution is -2.51. The summed E-state index contributed by atoms with van der Waals surface area (Å²) < 4.78 is 39.0. The summed E-state index contributed by atoms with van der Waals surface area (Å²) in [4.78, 5) is 24.2. The molecule has 21 heavy (non-hydrogen) atoms. The first-order chi connectivity index (χ1) is 9.80. The molecule has 0 saturated carbocycles. The standard InChI is InChI=1S/C14H15F3N2O2/c15-14(16,17)11-6-1-2-7-19(11)13(21)10-5-3-4-9(8-10)12(18)20/h3-5,8,11H,1-2,6-7H2,(H2,18,20). The Bertz CT molecular complexity index is 557. The third-order valence-electron chi connectivity index (χ3n) is 3.54. The molecular formula is C14H15F3N2O2. The normalized spacial score (nSPS) is 19.4. The van der Waals surface area contributed by atoms with E-state index < -0.39 is 24.0 Å². The molecule has 1 fully saturated rings. The molecule has 1 atom stereocenters. The van der Waals surface area contributed by atoms with E-state index in [2.05, 4.69) is 0 Å². The van der Waals surface area contributed by atoms with E-state index in [9.17, 15) is 22.8 Å². The highest BCUT2D eigenvalue weighted by Crippen LogP contribution is 2.32. The van der Waals surface area contributed by atoms with E-state index in [-0.39, 0.29) is 24.1 Å². The zero-order chi connectivity index (χ0) is 15.6. The molecule has 0 aromatic heterocycles. The summed E-state index contributed by atoms with van der Waals surface area (Å²) in [5, 5.41) is 0. The molecule has 1 aromatic rings. The highest BCUT2D eigenvalue weighted by atomic mass is 19.4. The number of hydrogen-bond donors (Lipinski definition) is 1. The summed E-state index contributed by atoms with van der Waals surface area (Å²) in [6.45, 7) is 0.0593. The zero-order valence-electron chi connectivity index (χ0n) is 11.2. The number of benzene rings is 1. The largest absolute Gasteiger partial charge is 0.408 e. The van der Waals surface area contributed by atoms with Crippen molar-refractivity contribution in [2.75, 3.05) is 6.54 Å². The number of primary amides is 1. The molecule has 1 aliphatic rings. The maximum absolute atomic E-state index is 13.0. The fourth-order valence-corrected chi connectivity index (χ4v) is 2.49. The van der Waals surface area contributed by atoms with Gasteiger partial charge < -0.3 is 10.6 Å². The van der Waals surface area contributed by atoms with Crippen molar-refractivity contribution in [2.45, 2.75) is 31.5 Å². The van der Waals surface area contributed by atoms with Crippen LogP contribution in [0.4, 0.5) is 13.2 Å². The maximum Gasteiger partial charge on any atom is 0.408 e. The van der Waals surface area contributed by atoms with Crippen molar-refractivity contribution in [3.63, 3.8) is 0 Å². The van der Waals surface area contributed by atoms with Gasteiger partial charge in [-0.25, -0.2) is 0 Å². The lowest BCUT2D eigenvalue weighted by Gasteiger charge is -2.36. The van der Waals surface area contributed by atoms with Gasteiger partial charge in [0, 0.05) is 17.7 Å². The minimum absolute atomic E-state index is 0.0439. The topological polar surface area (TPSA) is 63.4 Å². The molecule has 1 aromatic carbocycles. The Balaban J connectivity index is 2.29. The number of rotatable bonds is 2. The molecule has 1 saturated heterocycles. The lowest BCUT2D eigenvalue weighted by molar-refractivity contribution is -0.183. The van der Waals surface area contributed by atoms with Gasteiger partial charge in [-0.2, -0.15) is 13.2 Å². The second-order valence-electron chi connectivity index (χ2n) is 5.00. The number of halogens is 3. The average Bonchev–Trinajstić information content (AvgIpc) is 2.45. The molecule has 114 valence electrons. The number of amides is 2. The van der Waals surface area contributed by atoms with Crippen LogP contribution in [0.25, 0.3) is 0 Å². The summed E-state index contributed by atoms with van der Waals surface area (Å²) in [6.07, 6.45) is -3.56. The summed E-state index contributed by atoms with van der Waals surface area (Å²) in [5.41, 5.74) is 5.26. The molecule has 1 aliphatic heterocycles. The Morgan fingerprint density at radius 1 is 1.19 bits per heavy atom. The highest BCUT2D eigenvalue weighted by molar-refractivity contribution is 5.99. The fraction of sp³-hybridized carbons (Fsp3) is 0.429. The van der Waals surface area contributed by atoms with Crippen LogP contribution in [0.1, 0.15) is 40.0 Å². The number of piperidine rings is 1. The van der Waals surface area contributed by atoms with Crippen molar-refractivity contribution in [3.05, 3.63) is 35.4 Å². The Kier molecular flexibility index (Phi) is 4.20. The summed E-state index contributed by atoms with van der Waals surface area (Å²) in [7, 11) is 0. The van der Waals surface area contributed by atoms with Gasteiger partial charge in [0.15, 0.2) is 0 Å². The Hall–Kier alpha value is -2.05. The minimum Gasteiger partial charge on any atom is -0.366 e. The minimum atomic E-state index is -4.45. The van der Waals surface area contributed by atoms with Gasteiger partial charge >= 0.3 is 6.18 Å². The lowest BCUT2D eigenvalue weighted by atomic mass is 10.00. The van der Waals surface area contributed by atoms with Crippen molar-refractivity contribution in [3.8, 4) is 0 Å². The molecule has 2 rings (SSSR count). The summed E-state index contributed by atoms with van der Waals surface area (Å²) >= 11 is 0. The highest BCUT2D eigenvalue weighted by Gasteiger charge is 2.46. The SMILES string of the molecule is NC(=O)c1cccc(C(=O)N2CCCCC2C(F)(F)F)c1. The number of nitrogens with two attached hydrogens (primary N) is 1. The van der Waals surface area contributed by atoms with E-state index >= 15 is 0 Å². The maximum atomic E-state index is 13.0. The molecule has 0 aliphatic carbocycles. The number of nitrogens with zero attached hydrogens (tertiary/aromatic N) is 1. The number of likely N-dealkylation sites (tertiary alicyclic amines) is 1. The number of hydrogen-bond acceptors (Lipinski definition) is 2. The summed E-state index contributed by atoms with van der Waals surface area (Å²) in [6, 6.07) is 3.69. The van der Waals surface area contributed by atoms with Crippen LogP contribution >= 0.6 is 0 Å². The first-order valence-electron chi connectivity index (χ1n) is 6.58. The average molecular weight is 300 g/mol. The van der Waals surface area contributed by atoms with Crippen molar-refractivity contribution in [1.82, 2.24) is 4.90 Å². The molecule has 0 bridgehead atoms. The molecule has 7 heteroatoms. The van der Waals surface area contributed by atoms with E-state index in [4.69, 9.17) is 5.73 Å². The van der Waals surface area contributed by atoms with E-state index in [1.165, 1.54) is 24.3 Å². The van der Waals surface area contributed by atoms with E-state index in [0.717, 1.165) is 4.90 Å². The Labute approximate surface area is 119 Å². The van der Waals surface area contributed by atoms with Gasteiger partial charge in [0.05, 0.1) is 0 Å². The van der Waals surface area contributed by atoms with E-state index in [0.29, 0.717) is 12.8 Å². The number of carbonyl (C=O) groups excluding carboxylic acids is 2. The molecule has 1 unspecified atom stereocenters. The predicted octanol–water partition coefficient (Wildman–Crippen LogP) is 2.34. The van der Waals surface area contributed by atoms with Crippen molar-refractivity contribution >= 4 is 11.8 Å². The quantitative estimate of drug-likeness (QED) is 0.911. The van der Waals surface area contributed by atoms with E-state index in [1.54, 1.807) is 0 Å². The third-order valence-corrected chi connectivity index (χ3v) is 3.54. The van der Waals surface area contributed by atoms with Crippen LogP contribution in [0, 0.1) is 0 Å². The van der Waals surface area contributed by atoms with Crippen LogP contribution in [0.3, 0.4) is 0 Å². The van der Waals surface area contributed by atoms with Crippen molar-refractivity contribution < 1.29 is 22.8 Å². The Morgan fingerprint density at radius 3 is 2.48 bits per heavy atom. The van der Waals surface area contributed by atoms with Gasteiger partial charge in [-0.3, -0.25) is 9.59 Å². The molecule has 2 N–H and O–H groups in total. The first kappa shape index (κ1) is 15.3. The van der Waals surface area contributed by atoms with Crippen LogP contribution in [0.2, 0.25) is 0 Å². The Morgan fingerprint density at radius 2 is 1.86 bits per heavy atom. The van der Waals surface area contributed by atoms with Crippen LogP contribution in [0.5, 0.6) is 0 Å². The van der Waals surface area contributed by atoms with Crippen LogP contribution < -0.4 is 5.73 Å². The van der Waals surface area contributed by atoms with Crippen LogP contribution in [-0.2, 0) is 0 Å².